The molecule has 0 amide bonds. The highest BCUT2D eigenvalue weighted by Gasteiger charge is 2.29. The van der Waals surface area contributed by atoms with Crippen molar-refractivity contribution in [2.75, 3.05) is 13.2 Å². The standard InChI is InChI=1S/C21H26N2O2/c24-21(25-15-7-11-18-10-6-13-22-16-18)20-12-4-5-14-23(20)17-19-8-2-1-3-9-19/h1-3,6,8-10,13,16,20H,4-5,7,11-12,14-15,17H2/t20-/m0/s1. The van der Waals surface area contributed by atoms with Gasteiger partial charge in [-0.3, -0.25) is 14.7 Å². The molecule has 4 heteroatoms. The molecule has 4 nitrogen and oxygen atoms in total. The molecule has 3 rings (SSSR count). The molecule has 0 N–H and O–H groups in total. The number of rotatable bonds is 7. The minimum atomic E-state index is -0.104. The molecule has 2 heterocycles. The Hall–Kier alpha value is -2.20. The second-order valence-electron chi connectivity index (χ2n) is 6.60. The van der Waals surface area contributed by atoms with Gasteiger partial charge in [0.1, 0.15) is 6.04 Å². The molecular formula is C21H26N2O2. The van der Waals surface area contributed by atoms with Gasteiger partial charge in [-0.1, -0.05) is 42.8 Å². The van der Waals surface area contributed by atoms with Crippen LogP contribution in [0.4, 0.5) is 0 Å². The minimum absolute atomic E-state index is 0.0678. The highest BCUT2D eigenvalue weighted by atomic mass is 16.5. The van der Waals surface area contributed by atoms with Crippen LogP contribution in [0.3, 0.4) is 0 Å². The van der Waals surface area contributed by atoms with Crippen LogP contribution in [0.25, 0.3) is 0 Å². The smallest absolute Gasteiger partial charge is 0.323 e. The number of piperidine rings is 1. The Labute approximate surface area is 149 Å². The number of benzene rings is 1. The summed E-state index contributed by atoms with van der Waals surface area (Å²) in [6.45, 7) is 2.25. The Bertz CT molecular complexity index is 645. The van der Waals surface area contributed by atoms with Crippen molar-refractivity contribution in [3.05, 3.63) is 66.0 Å². The van der Waals surface area contributed by atoms with E-state index in [2.05, 4.69) is 28.1 Å². The average molecular weight is 338 g/mol. The molecule has 0 saturated carbocycles. The second-order valence-corrected chi connectivity index (χ2v) is 6.60. The zero-order valence-corrected chi connectivity index (χ0v) is 14.6. The number of pyridine rings is 1. The Morgan fingerprint density at radius 1 is 1.12 bits per heavy atom. The van der Waals surface area contributed by atoms with Gasteiger partial charge in [0.15, 0.2) is 0 Å². The lowest BCUT2D eigenvalue weighted by atomic mass is 10.0. The first-order valence-electron chi connectivity index (χ1n) is 9.16. The lowest BCUT2D eigenvalue weighted by Gasteiger charge is -2.34. The van der Waals surface area contributed by atoms with E-state index in [0.29, 0.717) is 6.61 Å². The van der Waals surface area contributed by atoms with E-state index in [1.807, 2.05) is 30.5 Å². The predicted octanol–water partition coefficient (Wildman–Crippen LogP) is 3.61. The first-order valence-corrected chi connectivity index (χ1v) is 9.16. The van der Waals surface area contributed by atoms with Crippen molar-refractivity contribution in [2.24, 2.45) is 0 Å². The molecule has 1 aliphatic rings. The molecule has 1 aliphatic heterocycles. The van der Waals surface area contributed by atoms with Crippen molar-refractivity contribution >= 4 is 5.97 Å². The van der Waals surface area contributed by atoms with Crippen molar-refractivity contribution in [1.82, 2.24) is 9.88 Å². The van der Waals surface area contributed by atoms with Crippen LogP contribution in [0.1, 0.15) is 36.8 Å². The lowest BCUT2D eigenvalue weighted by Crippen LogP contribution is -2.45. The molecule has 1 aromatic carbocycles. The zero-order chi connectivity index (χ0) is 17.3. The summed E-state index contributed by atoms with van der Waals surface area (Å²) in [4.78, 5) is 18.9. The normalized spacial score (nSPS) is 18.0. The van der Waals surface area contributed by atoms with Crippen molar-refractivity contribution in [3.63, 3.8) is 0 Å². The molecule has 1 aromatic heterocycles. The summed E-state index contributed by atoms with van der Waals surface area (Å²) >= 11 is 0. The van der Waals surface area contributed by atoms with Gasteiger partial charge in [0.05, 0.1) is 6.61 Å². The largest absolute Gasteiger partial charge is 0.465 e. The van der Waals surface area contributed by atoms with Gasteiger partial charge in [-0.05, 0) is 49.4 Å². The van der Waals surface area contributed by atoms with Crippen LogP contribution in [0, 0.1) is 0 Å². The molecule has 1 atom stereocenters. The van der Waals surface area contributed by atoms with Crippen molar-refractivity contribution in [3.8, 4) is 0 Å². The average Bonchev–Trinajstić information content (AvgIpc) is 2.67. The van der Waals surface area contributed by atoms with Crippen LogP contribution in [-0.2, 0) is 22.5 Å². The zero-order valence-electron chi connectivity index (χ0n) is 14.6. The van der Waals surface area contributed by atoms with Crippen LogP contribution in [-0.4, -0.2) is 35.0 Å². The highest BCUT2D eigenvalue weighted by Crippen LogP contribution is 2.21. The third-order valence-electron chi connectivity index (χ3n) is 4.69. The summed E-state index contributed by atoms with van der Waals surface area (Å²) in [5, 5.41) is 0. The molecule has 25 heavy (non-hydrogen) atoms. The van der Waals surface area contributed by atoms with Gasteiger partial charge in [0.25, 0.3) is 0 Å². The van der Waals surface area contributed by atoms with Gasteiger partial charge in [-0.2, -0.15) is 0 Å². The number of hydrogen-bond acceptors (Lipinski definition) is 4. The summed E-state index contributed by atoms with van der Waals surface area (Å²) < 4.78 is 5.57. The van der Waals surface area contributed by atoms with E-state index in [4.69, 9.17) is 4.74 Å². The first kappa shape index (κ1) is 17.6. The second kappa shape index (κ2) is 9.33. The fourth-order valence-electron chi connectivity index (χ4n) is 3.36. The Balaban J connectivity index is 1.47. The van der Waals surface area contributed by atoms with Gasteiger partial charge >= 0.3 is 5.97 Å². The van der Waals surface area contributed by atoms with Crippen LogP contribution < -0.4 is 0 Å². The Morgan fingerprint density at radius 2 is 1.96 bits per heavy atom. The number of esters is 1. The van der Waals surface area contributed by atoms with Crippen LogP contribution in [0.5, 0.6) is 0 Å². The van der Waals surface area contributed by atoms with E-state index in [1.165, 1.54) is 11.1 Å². The molecule has 0 aliphatic carbocycles. The maximum Gasteiger partial charge on any atom is 0.323 e. The number of hydrogen-bond donors (Lipinski definition) is 0. The SMILES string of the molecule is O=C(OCCCc1cccnc1)[C@@H]1CCCCN1Cc1ccccc1. The molecular weight excluding hydrogens is 312 g/mol. The van der Waals surface area contributed by atoms with Gasteiger partial charge < -0.3 is 4.74 Å². The van der Waals surface area contributed by atoms with Gasteiger partial charge in [0.2, 0.25) is 0 Å². The molecule has 132 valence electrons. The lowest BCUT2D eigenvalue weighted by molar-refractivity contribution is -0.151. The molecule has 2 aromatic rings. The van der Waals surface area contributed by atoms with Gasteiger partial charge in [0, 0.05) is 18.9 Å². The van der Waals surface area contributed by atoms with E-state index < -0.39 is 0 Å². The third-order valence-corrected chi connectivity index (χ3v) is 4.69. The van der Waals surface area contributed by atoms with Crippen LogP contribution in [0.15, 0.2) is 54.9 Å². The molecule has 0 unspecified atom stereocenters. The van der Waals surface area contributed by atoms with Gasteiger partial charge in [-0.15, -0.1) is 0 Å². The quantitative estimate of drug-likeness (QED) is 0.571. The van der Waals surface area contributed by atoms with Crippen molar-refractivity contribution in [2.45, 2.75) is 44.7 Å². The number of ether oxygens (including phenoxy) is 1. The molecule has 1 fully saturated rings. The van der Waals surface area contributed by atoms with E-state index in [0.717, 1.165) is 45.2 Å². The maximum absolute atomic E-state index is 12.5. The summed E-state index contributed by atoms with van der Waals surface area (Å²) in [6.07, 6.45) is 8.51. The van der Waals surface area contributed by atoms with Crippen LogP contribution in [0.2, 0.25) is 0 Å². The van der Waals surface area contributed by atoms with E-state index in [9.17, 15) is 4.79 Å². The monoisotopic (exact) mass is 338 g/mol. The fourth-order valence-corrected chi connectivity index (χ4v) is 3.36. The van der Waals surface area contributed by atoms with E-state index >= 15 is 0 Å². The number of aromatic nitrogens is 1. The number of likely N-dealkylation sites (tertiary alicyclic amines) is 1. The van der Waals surface area contributed by atoms with Gasteiger partial charge in [-0.25, -0.2) is 0 Å². The first-order chi connectivity index (χ1) is 12.3. The number of carbonyl (C=O) groups is 1. The van der Waals surface area contributed by atoms with Crippen molar-refractivity contribution in [1.29, 1.82) is 0 Å². The summed E-state index contributed by atoms with van der Waals surface area (Å²) in [6, 6.07) is 14.2. The van der Waals surface area contributed by atoms with E-state index in [1.54, 1.807) is 6.20 Å². The summed E-state index contributed by atoms with van der Waals surface area (Å²) in [7, 11) is 0. The van der Waals surface area contributed by atoms with Crippen LogP contribution >= 0.6 is 0 Å². The van der Waals surface area contributed by atoms with Crippen molar-refractivity contribution < 1.29 is 9.53 Å². The Kier molecular flexibility index (Phi) is 6.57. The highest BCUT2D eigenvalue weighted by molar-refractivity contribution is 5.75. The summed E-state index contributed by atoms with van der Waals surface area (Å²) in [5.41, 5.74) is 2.43. The topological polar surface area (TPSA) is 42.4 Å². The fraction of sp³-hybridized carbons (Fsp3) is 0.429. The molecule has 0 radical (unpaired) electrons. The van der Waals surface area contributed by atoms with E-state index in [-0.39, 0.29) is 12.0 Å². The summed E-state index contributed by atoms with van der Waals surface area (Å²) in [5.74, 6) is -0.0678. The molecule has 1 saturated heterocycles. The number of carbonyl (C=O) groups excluding carboxylic acids is 1. The third kappa shape index (κ3) is 5.40. The molecule has 0 bridgehead atoms. The number of aryl methyl sites for hydroxylation is 1. The maximum atomic E-state index is 12.5. The minimum Gasteiger partial charge on any atom is -0.465 e. The number of nitrogens with zero attached hydrogens (tertiary/aromatic N) is 2. The molecule has 0 spiro atoms. The Morgan fingerprint density at radius 3 is 2.76 bits per heavy atom. The predicted molar refractivity (Wildman–Crippen MR) is 98.0 cm³/mol.